The summed E-state index contributed by atoms with van der Waals surface area (Å²) in [5.74, 6) is 0.464. The zero-order valence-corrected chi connectivity index (χ0v) is 21.7. The van der Waals surface area contributed by atoms with Gasteiger partial charge in [-0.3, -0.25) is 0 Å². The minimum absolute atomic E-state index is 0.0570. The highest BCUT2D eigenvalue weighted by atomic mass is 32.2. The summed E-state index contributed by atoms with van der Waals surface area (Å²) < 4.78 is 41.1. The van der Waals surface area contributed by atoms with E-state index in [4.69, 9.17) is 9.47 Å². The maximum Gasteiger partial charge on any atom is 0.441 e. The van der Waals surface area contributed by atoms with Gasteiger partial charge in [0.15, 0.2) is 5.82 Å². The molecule has 38 heavy (non-hydrogen) atoms. The zero-order chi connectivity index (χ0) is 27.0. The van der Waals surface area contributed by atoms with Crippen molar-refractivity contribution in [2.24, 2.45) is 4.36 Å². The number of nitrogens with zero attached hydrogens (tertiary/aromatic N) is 4. The lowest BCUT2D eigenvalue weighted by molar-refractivity contribution is 0.164. The van der Waals surface area contributed by atoms with Crippen LogP contribution in [-0.4, -0.2) is 38.1 Å². The molecule has 0 saturated carbocycles. The van der Waals surface area contributed by atoms with Crippen LogP contribution >= 0.6 is 0 Å². The molecule has 0 aliphatic rings. The third kappa shape index (κ3) is 7.56. The molecule has 4 rings (SSSR count). The number of benzene rings is 3. The average Bonchev–Trinajstić information content (AvgIpc) is 2.88. The lowest BCUT2D eigenvalue weighted by atomic mass is 10.1. The van der Waals surface area contributed by atoms with Gasteiger partial charge in [-0.1, -0.05) is 42.5 Å². The number of carbonyl (C=O) groups excluding carboxylic acids is 1. The largest absolute Gasteiger partial charge is 0.488 e. The van der Waals surface area contributed by atoms with Gasteiger partial charge in [-0.25, -0.2) is 23.4 Å². The van der Waals surface area contributed by atoms with Crippen LogP contribution in [0.1, 0.15) is 18.1 Å². The van der Waals surface area contributed by atoms with Gasteiger partial charge < -0.3 is 14.8 Å². The maximum atomic E-state index is 14.0. The Kier molecular flexibility index (Phi) is 8.59. The van der Waals surface area contributed by atoms with E-state index < -0.39 is 21.6 Å². The molecule has 3 aromatic carbocycles. The summed E-state index contributed by atoms with van der Waals surface area (Å²) in [4.78, 5) is 24.5. The van der Waals surface area contributed by atoms with Crippen LogP contribution in [0.15, 0.2) is 83.5 Å². The predicted molar refractivity (Wildman–Crippen MR) is 143 cm³/mol. The first kappa shape index (κ1) is 26.7. The van der Waals surface area contributed by atoms with Crippen LogP contribution < -0.4 is 10.1 Å². The van der Waals surface area contributed by atoms with Crippen molar-refractivity contribution < 1.29 is 22.9 Å². The summed E-state index contributed by atoms with van der Waals surface area (Å²) in [5, 5.41) is 3.10. The highest BCUT2D eigenvalue weighted by Crippen LogP contribution is 2.30. The lowest BCUT2D eigenvalue weighted by Gasteiger charge is -2.12. The molecular weight excluding hydrogens is 509 g/mol. The quantitative estimate of drug-likeness (QED) is 0.288. The fourth-order valence-electron chi connectivity index (χ4n) is 3.54. The van der Waals surface area contributed by atoms with Crippen molar-refractivity contribution in [2.45, 2.75) is 19.3 Å². The third-order valence-electron chi connectivity index (χ3n) is 5.15. The Morgan fingerprint density at radius 2 is 1.82 bits per heavy atom. The van der Waals surface area contributed by atoms with Crippen LogP contribution in [0.25, 0.3) is 11.4 Å². The van der Waals surface area contributed by atoms with Gasteiger partial charge in [0.05, 0.1) is 27.7 Å². The Balaban J connectivity index is 1.53. The third-order valence-corrected chi connectivity index (χ3v) is 6.55. The number of rotatable bonds is 9. The highest BCUT2D eigenvalue weighted by Gasteiger charge is 2.13. The van der Waals surface area contributed by atoms with Crippen molar-refractivity contribution in [3.05, 3.63) is 96.1 Å². The fraction of sp³-hybridized carbons (Fsp3) is 0.185. The summed E-state index contributed by atoms with van der Waals surface area (Å²) in [6, 6.07) is 20.8. The lowest BCUT2D eigenvalue weighted by Crippen LogP contribution is -2.07. The van der Waals surface area contributed by atoms with Gasteiger partial charge in [-0.15, -0.1) is 4.36 Å². The van der Waals surface area contributed by atoms with Gasteiger partial charge in [0, 0.05) is 18.0 Å². The normalized spacial score (nSPS) is 12.3. The van der Waals surface area contributed by atoms with E-state index in [-0.39, 0.29) is 24.9 Å². The van der Waals surface area contributed by atoms with Crippen molar-refractivity contribution in [3.8, 4) is 17.1 Å². The number of halogens is 1. The molecule has 11 heteroatoms. The number of ether oxygens (including phenoxy) is 2. The molecule has 196 valence electrons. The predicted octanol–water partition coefficient (Wildman–Crippen LogP) is 5.75. The molecule has 1 heterocycles. The smallest absolute Gasteiger partial charge is 0.441 e. The SMILES string of the molecule is CCOC(=O)N=S(C)(=O)Cc1cccc(Nc2ncnc(-c3ccc(F)cc3OCc3ccccc3)n2)c1. The molecule has 1 unspecified atom stereocenters. The highest BCUT2D eigenvalue weighted by molar-refractivity contribution is 7.92. The van der Waals surface area contributed by atoms with Crippen molar-refractivity contribution in [1.29, 1.82) is 0 Å². The molecule has 0 aliphatic heterocycles. The van der Waals surface area contributed by atoms with Gasteiger partial charge in [-0.05, 0) is 42.3 Å². The zero-order valence-electron chi connectivity index (χ0n) is 20.8. The van der Waals surface area contributed by atoms with Gasteiger partial charge in [-0.2, -0.15) is 4.98 Å². The van der Waals surface area contributed by atoms with Crippen molar-refractivity contribution in [2.75, 3.05) is 18.2 Å². The van der Waals surface area contributed by atoms with Gasteiger partial charge in [0.25, 0.3) is 0 Å². The summed E-state index contributed by atoms with van der Waals surface area (Å²) in [6.45, 7) is 2.06. The van der Waals surface area contributed by atoms with E-state index in [1.54, 1.807) is 37.3 Å². The molecule has 0 saturated heterocycles. The Labute approximate surface area is 220 Å². The Morgan fingerprint density at radius 1 is 1.03 bits per heavy atom. The number of anilines is 2. The second-order valence-electron chi connectivity index (χ2n) is 8.27. The molecular formula is C27H26FN5O4S. The second-order valence-corrected chi connectivity index (χ2v) is 10.7. The minimum atomic E-state index is -2.84. The number of aromatic nitrogens is 3. The summed E-state index contributed by atoms with van der Waals surface area (Å²) in [7, 11) is -2.84. The summed E-state index contributed by atoms with van der Waals surface area (Å²) in [6.07, 6.45) is 1.90. The van der Waals surface area contributed by atoms with E-state index >= 15 is 0 Å². The average molecular weight is 536 g/mol. The van der Waals surface area contributed by atoms with Crippen molar-refractivity contribution in [3.63, 3.8) is 0 Å². The van der Waals surface area contributed by atoms with Crippen molar-refractivity contribution in [1.82, 2.24) is 15.0 Å². The Bertz CT molecular complexity index is 1540. The van der Waals surface area contributed by atoms with E-state index in [0.717, 1.165) is 5.56 Å². The van der Waals surface area contributed by atoms with Gasteiger partial charge in [0.1, 0.15) is 24.5 Å². The monoisotopic (exact) mass is 535 g/mol. The van der Waals surface area contributed by atoms with Crippen LogP contribution in [0.4, 0.5) is 20.8 Å². The first-order valence-corrected chi connectivity index (χ1v) is 13.8. The van der Waals surface area contributed by atoms with Crippen LogP contribution in [-0.2, 0) is 26.8 Å². The molecule has 9 nitrogen and oxygen atoms in total. The molecule has 1 N–H and O–H groups in total. The number of nitrogens with one attached hydrogen (secondary N) is 1. The van der Waals surface area contributed by atoms with E-state index in [0.29, 0.717) is 28.4 Å². The van der Waals surface area contributed by atoms with Crippen LogP contribution in [0.2, 0.25) is 0 Å². The number of hydrogen-bond donors (Lipinski definition) is 1. The van der Waals surface area contributed by atoms with E-state index in [1.807, 2.05) is 30.3 Å². The summed E-state index contributed by atoms with van der Waals surface area (Å²) in [5.41, 5.74) is 2.77. The molecule has 1 atom stereocenters. The molecule has 1 aromatic heterocycles. The van der Waals surface area contributed by atoms with Gasteiger partial charge in [0.2, 0.25) is 5.95 Å². The number of hydrogen-bond acceptors (Lipinski definition) is 8. The van der Waals surface area contributed by atoms with E-state index in [1.165, 1.54) is 24.7 Å². The Hall–Kier alpha value is -4.38. The minimum Gasteiger partial charge on any atom is -0.488 e. The standard InChI is InChI=1S/C27H26FN5O4S/c1-3-36-27(34)33-38(2,35)17-20-10-7-11-22(14-20)31-26-30-18-29-25(32-26)23-13-12-21(28)15-24(23)37-16-19-8-5-4-6-9-19/h4-15,18H,3,16-17H2,1-2H3,(H,29,30,31,32). The molecule has 1 amide bonds. The van der Waals surface area contributed by atoms with Crippen LogP contribution in [0.5, 0.6) is 5.75 Å². The van der Waals surface area contributed by atoms with Crippen LogP contribution in [0, 0.1) is 5.82 Å². The Morgan fingerprint density at radius 3 is 2.61 bits per heavy atom. The topological polar surface area (TPSA) is 116 Å². The second kappa shape index (κ2) is 12.2. The van der Waals surface area contributed by atoms with E-state index in [9.17, 15) is 13.4 Å². The molecule has 0 spiro atoms. The van der Waals surface area contributed by atoms with Crippen molar-refractivity contribution >= 4 is 27.5 Å². The molecule has 0 aliphatic carbocycles. The molecule has 0 bridgehead atoms. The fourth-order valence-corrected chi connectivity index (χ4v) is 4.77. The maximum absolute atomic E-state index is 14.0. The van der Waals surface area contributed by atoms with E-state index in [2.05, 4.69) is 24.6 Å². The first-order valence-electron chi connectivity index (χ1n) is 11.7. The van der Waals surface area contributed by atoms with Gasteiger partial charge >= 0.3 is 6.09 Å². The number of amides is 1. The molecule has 4 aromatic rings. The molecule has 0 radical (unpaired) electrons. The number of carbonyl (C=O) groups is 1. The van der Waals surface area contributed by atoms with Crippen LogP contribution in [0.3, 0.4) is 0 Å². The summed E-state index contributed by atoms with van der Waals surface area (Å²) >= 11 is 0. The first-order chi connectivity index (χ1) is 18.3. The molecule has 0 fully saturated rings.